The van der Waals surface area contributed by atoms with Crippen molar-refractivity contribution < 1.29 is 9.47 Å². The molecular formula is C21H28N2O2. The first-order chi connectivity index (χ1) is 11.9. The Morgan fingerprint density at radius 1 is 1.16 bits per heavy atom. The number of nitrogens with zero attached hydrogens (tertiary/aromatic N) is 1. The summed E-state index contributed by atoms with van der Waals surface area (Å²) in [5.74, 6) is 1.87. The van der Waals surface area contributed by atoms with Crippen LogP contribution in [0.2, 0.25) is 0 Å². The second kappa shape index (κ2) is 7.26. The zero-order valence-corrected chi connectivity index (χ0v) is 15.4. The van der Waals surface area contributed by atoms with Crippen LogP contribution in [0.25, 0.3) is 0 Å². The first-order valence-corrected chi connectivity index (χ1v) is 8.96. The molecule has 0 bridgehead atoms. The van der Waals surface area contributed by atoms with Gasteiger partial charge in [-0.1, -0.05) is 12.1 Å². The maximum absolute atomic E-state index is 6.08. The van der Waals surface area contributed by atoms with Crippen LogP contribution < -0.4 is 20.1 Å². The van der Waals surface area contributed by atoms with Crippen molar-refractivity contribution in [2.24, 2.45) is 0 Å². The van der Waals surface area contributed by atoms with E-state index in [1.165, 1.54) is 5.56 Å². The van der Waals surface area contributed by atoms with Crippen LogP contribution in [0.5, 0.6) is 11.5 Å². The molecule has 0 amide bonds. The Labute approximate surface area is 150 Å². The molecule has 0 fully saturated rings. The van der Waals surface area contributed by atoms with E-state index in [4.69, 9.17) is 15.2 Å². The maximum atomic E-state index is 6.08. The van der Waals surface area contributed by atoms with Crippen molar-refractivity contribution in [3.63, 3.8) is 0 Å². The quantitative estimate of drug-likeness (QED) is 0.625. The van der Waals surface area contributed by atoms with Crippen LogP contribution in [0.4, 0.5) is 11.4 Å². The highest BCUT2D eigenvalue weighted by Crippen LogP contribution is 2.38. The molecule has 2 N–H and O–H groups in total. The van der Waals surface area contributed by atoms with Crippen molar-refractivity contribution >= 4 is 11.4 Å². The van der Waals surface area contributed by atoms with Gasteiger partial charge in [0.25, 0.3) is 0 Å². The van der Waals surface area contributed by atoms with Crippen molar-refractivity contribution in [1.82, 2.24) is 0 Å². The second-order valence-electron chi connectivity index (χ2n) is 7.38. The fraction of sp³-hybridized carbons (Fsp3) is 0.429. The minimum Gasteiger partial charge on any atom is -0.494 e. The Bertz CT molecular complexity index is 728. The third kappa shape index (κ3) is 4.59. The van der Waals surface area contributed by atoms with E-state index >= 15 is 0 Å². The maximum Gasteiger partial charge on any atom is 0.143 e. The molecular weight excluding hydrogens is 312 g/mol. The van der Waals surface area contributed by atoms with E-state index in [2.05, 4.69) is 37.8 Å². The van der Waals surface area contributed by atoms with Crippen molar-refractivity contribution in [2.75, 3.05) is 30.3 Å². The molecule has 0 atom stereocenters. The van der Waals surface area contributed by atoms with Gasteiger partial charge in [-0.15, -0.1) is 0 Å². The van der Waals surface area contributed by atoms with Gasteiger partial charge in [0.05, 0.1) is 18.8 Å². The monoisotopic (exact) mass is 340 g/mol. The highest BCUT2D eigenvalue weighted by Gasteiger charge is 2.31. The van der Waals surface area contributed by atoms with Gasteiger partial charge >= 0.3 is 0 Å². The SMILES string of the molecule is Cc1cccc(OCCCCN2CC(C)(C)Oc3ccc(N)cc32)c1. The van der Waals surface area contributed by atoms with Gasteiger partial charge in [-0.3, -0.25) is 0 Å². The Hall–Kier alpha value is -2.36. The predicted octanol–water partition coefficient (Wildman–Crippen LogP) is 4.41. The molecule has 0 aliphatic carbocycles. The molecule has 134 valence electrons. The normalized spacial score (nSPS) is 15.4. The summed E-state index contributed by atoms with van der Waals surface area (Å²) >= 11 is 0. The molecule has 3 rings (SSSR count). The summed E-state index contributed by atoms with van der Waals surface area (Å²) in [6, 6.07) is 14.1. The van der Waals surface area contributed by atoms with Crippen LogP contribution in [0.3, 0.4) is 0 Å². The van der Waals surface area contributed by atoms with E-state index in [9.17, 15) is 0 Å². The zero-order chi connectivity index (χ0) is 17.9. The zero-order valence-electron chi connectivity index (χ0n) is 15.4. The van der Waals surface area contributed by atoms with E-state index < -0.39 is 0 Å². The Kier molecular flexibility index (Phi) is 5.07. The third-order valence-electron chi connectivity index (χ3n) is 4.36. The molecule has 2 aromatic rings. The molecule has 4 heteroatoms. The largest absolute Gasteiger partial charge is 0.494 e. The molecule has 1 heterocycles. The van der Waals surface area contributed by atoms with Gasteiger partial charge in [-0.05, 0) is 69.5 Å². The third-order valence-corrected chi connectivity index (χ3v) is 4.36. The van der Waals surface area contributed by atoms with Gasteiger partial charge in [0.1, 0.15) is 17.1 Å². The average Bonchev–Trinajstić information content (AvgIpc) is 2.54. The number of anilines is 2. The van der Waals surface area contributed by atoms with Crippen LogP contribution in [-0.4, -0.2) is 25.3 Å². The molecule has 0 spiro atoms. The number of benzene rings is 2. The summed E-state index contributed by atoms with van der Waals surface area (Å²) in [7, 11) is 0. The number of hydrogen-bond donors (Lipinski definition) is 1. The van der Waals surface area contributed by atoms with Gasteiger partial charge < -0.3 is 20.1 Å². The Balaban J connectivity index is 1.53. The van der Waals surface area contributed by atoms with Gasteiger partial charge in [0.15, 0.2) is 0 Å². The minimum atomic E-state index is -0.193. The number of aryl methyl sites for hydroxylation is 1. The number of nitrogen functional groups attached to an aromatic ring is 1. The summed E-state index contributed by atoms with van der Waals surface area (Å²) < 4.78 is 11.9. The minimum absolute atomic E-state index is 0.193. The van der Waals surface area contributed by atoms with Crippen LogP contribution in [-0.2, 0) is 0 Å². The lowest BCUT2D eigenvalue weighted by Gasteiger charge is -2.41. The molecule has 0 radical (unpaired) electrons. The molecule has 0 unspecified atom stereocenters. The Morgan fingerprint density at radius 3 is 2.80 bits per heavy atom. The summed E-state index contributed by atoms with van der Waals surface area (Å²) in [4.78, 5) is 2.38. The smallest absolute Gasteiger partial charge is 0.143 e. The number of nitrogens with two attached hydrogens (primary N) is 1. The summed E-state index contributed by atoms with van der Waals surface area (Å²) in [6.07, 6.45) is 2.08. The Morgan fingerprint density at radius 2 is 2.00 bits per heavy atom. The standard InChI is InChI=1S/C21H28N2O2/c1-16-7-6-8-18(13-16)24-12-5-4-11-23-15-21(2,3)25-20-10-9-17(22)14-19(20)23/h6-10,13-14H,4-5,11-12,15,22H2,1-3H3. The summed E-state index contributed by atoms with van der Waals surface area (Å²) in [6.45, 7) is 8.90. The highest BCUT2D eigenvalue weighted by atomic mass is 16.5. The van der Waals surface area contributed by atoms with Crippen molar-refractivity contribution in [3.8, 4) is 11.5 Å². The van der Waals surface area contributed by atoms with Gasteiger partial charge in [0.2, 0.25) is 0 Å². The van der Waals surface area contributed by atoms with Gasteiger partial charge in [-0.25, -0.2) is 0 Å². The number of unbranched alkanes of at least 4 members (excludes halogenated alkanes) is 1. The predicted molar refractivity (Wildman–Crippen MR) is 104 cm³/mol. The molecule has 25 heavy (non-hydrogen) atoms. The molecule has 0 saturated heterocycles. The number of hydrogen-bond acceptors (Lipinski definition) is 4. The first kappa shape index (κ1) is 17.5. The average molecular weight is 340 g/mol. The van der Waals surface area contributed by atoms with E-state index in [0.29, 0.717) is 0 Å². The van der Waals surface area contributed by atoms with Crippen LogP contribution in [0, 0.1) is 6.92 Å². The van der Waals surface area contributed by atoms with Crippen molar-refractivity contribution in [1.29, 1.82) is 0 Å². The number of rotatable bonds is 6. The van der Waals surface area contributed by atoms with Gasteiger partial charge in [0, 0.05) is 12.2 Å². The van der Waals surface area contributed by atoms with E-state index in [-0.39, 0.29) is 5.60 Å². The first-order valence-electron chi connectivity index (χ1n) is 8.96. The summed E-state index contributed by atoms with van der Waals surface area (Å²) in [5.41, 5.74) is 8.86. The lowest BCUT2D eigenvalue weighted by molar-refractivity contribution is 0.105. The number of fused-ring (bicyclic) bond motifs is 1. The molecule has 1 aliphatic heterocycles. The molecule has 2 aromatic carbocycles. The van der Waals surface area contributed by atoms with E-state index in [1.807, 2.05) is 30.3 Å². The lowest BCUT2D eigenvalue weighted by Crippen LogP contribution is -2.47. The van der Waals surface area contributed by atoms with E-state index in [0.717, 1.165) is 55.4 Å². The van der Waals surface area contributed by atoms with Crippen LogP contribution in [0.1, 0.15) is 32.3 Å². The highest BCUT2D eigenvalue weighted by molar-refractivity contribution is 5.66. The molecule has 4 nitrogen and oxygen atoms in total. The van der Waals surface area contributed by atoms with Crippen molar-refractivity contribution in [2.45, 2.75) is 39.2 Å². The number of ether oxygens (including phenoxy) is 2. The fourth-order valence-electron chi connectivity index (χ4n) is 3.24. The molecule has 1 aliphatic rings. The second-order valence-corrected chi connectivity index (χ2v) is 7.38. The molecule has 0 saturated carbocycles. The molecule has 0 aromatic heterocycles. The van der Waals surface area contributed by atoms with Gasteiger partial charge in [-0.2, -0.15) is 0 Å². The topological polar surface area (TPSA) is 47.7 Å². The lowest BCUT2D eigenvalue weighted by atomic mass is 10.0. The fourth-order valence-corrected chi connectivity index (χ4v) is 3.24. The van der Waals surface area contributed by atoms with Crippen molar-refractivity contribution in [3.05, 3.63) is 48.0 Å². The van der Waals surface area contributed by atoms with Crippen LogP contribution >= 0.6 is 0 Å². The summed E-state index contributed by atoms with van der Waals surface area (Å²) in [5, 5.41) is 0. The van der Waals surface area contributed by atoms with E-state index in [1.54, 1.807) is 0 Å². The van der Waals surface area contributed by atoms with Crippen LogP contribution in [0.15, 0.2) is 42.5 Å².